The van der Waals surface area contributed by atoms with E-state index in [2.05, 4.69) is 17.2 Å². The topological polar surface area (TPSA) is 90.7 Å². The van der Waals surface area contributed by atoms with Crippen LogP contribution >= 0.6 is 0 Å². The van der Waals surface area contributed by atoms with Crippen LogP contribution in [0.25, 0.3) is 11.3 Å². The van der Waals surface area contributed by atoms with Gasteiger partial charge >= 0.3 is 5.97 Å². The fourth-order valence-corrected chi connectivity index (χ4v) is 3.92. The second kappa shape index (κ2) is 12.2. The Morgan fingerprint density at radius 2 is 1.63 bits per heavy atom. The summed E-state index contributed by atoms with van der Waals surface area (Å²) >= 11 is 0. The molecule has 186 valence electrons. The zero-order valence-corrected chi connectivity index (χ0v) is 20.9. The molecule has 1 N–H and O–H groups in total. The molecule has 7 heteroatoms. The molecule has 7 nitrogen and oxygen atoms in total. The SMILES string of the molecule is CCCc1nc(-c2ccc(Oc3ccc(CCC(CC)(NC(C)=O)C(=O)OCC)cc3)cc2)co1. The van der Waals surface area contributed by atoms with Gasteiger partial charge in [-0.15, -0.1) is 0 Å². The summed E-state index contributed by atoms with van der Waals surface area (Å²) in [7, 11) is 0. The molecule has 0 aliphatic carbocycles. The van der Waals surface area contributed by atoms with Gasteiger partial charge < -0.3 is 19.2 Å². The van der Waals surface area contributed by atoms with Gasteiger partial charge in [-0.3, -0.25) is 4.79 Å². The number of hydrogen-bond acceptors (Lipinski definition) is 6. The molecule has 2 aromatic carbocycles. The van der Waals surface area contributed by atoms with Gasteiger partial charge in [0.05, 0.1) is 6.61 Å². The van der Waals surface area contributed by atoms with Crippen LogP contribution in [0.1, 0.15) is 58.4 Å². The maximum absolute atomic E-state index is 12.6. The molecule has 1 aromatic heterocycles. The number of nitrogens with one attached hydrogen (secondary N) is 1. The average molecular weight is 479 g/mol. The second-order valence-corrected chi connectivity index (χ2v) is 8.48. The van der Waals surface area contributed by atoms with Crippen molar-refractivity contribution in [2.75, 3.05) is 6.61 Å². The number of carbonyl (C=O) groups is 2. The van der Waals surface area contributed by atoms with E-state index in [0.717, 1.165) is 41.3 Å². The Morgan fingerprint density at radius 3 is 2.20 bits per heavy atom. The number of oxazole rings is 1. The molecule has 1 atom stereocenters. The largest absolute Gasteiger partial charge is 0.464 e. The van der Waals surface area contributed by atoms with Crippen molar-refractivity contribution in [1.82, 2.24) is 10.3 Å². The van der Waals surface area contributed by atoms with Gasteiger partial charge in [0, 0.05) is 18.9 Å². The molecule has 3 aromatic rings. The van der Waals surface area contributed by atoms with Gasteiger partial charge in [-0.1, -0.05) is 26.0 Å². The first-order chi connectivity index (χ1) is 16.9. The summed E-state index contributed by atoms with van der Waals surface area (Å²) in [5.41, 5.74) is 1.79. The zero-order valence-electron chi connectivity index (χ0n) is 20.9. The van der Waals surface area contributed by atoms with Gasteiger partial charge in [-0.25, -0.2) is 9.78 Å². The highest BCUT2D eigenvalue weighted by Crippen LogP contribution is 2.27. The summed E-state index contributed by atoms with van der Waals surface area (Å²) in [4.78, 5) is 28.8. The van der Waals surface area contributed by atoms with Crippen molar-refractivity contribution in [3.63, 3.8) is 0 Å². The Kier molecular flexibility index (Phi) is 9.06. The molecule has 0 saturated heterocycles. The number of rotatable bonds is 12. The highest BCUT2D eigenvalue weighted by Gasteiger charge is 2.38. The molecule has 0 fully saturated rings. The van der Waals surface area contributed by atoms with Crippen molar-refractivity contribution in [3.05, 3.63) is 66.2 Å². The van der Waals surface area contributed by atoms with Crippen molar-refractivity contribution in [3.8, 4) is 22.8 Å². The Labute approximate surface area is 206 Å². The molecular weight excluding hydrogens is 444 g/mol. The minimum absolute atomic E-state index is 0.250. The highest BCUT2D eigenvalue weighted by atomic mass is 16.5. The predicted octanol–water partition coefficient (Wildman–Crippen LogP) is 5.87. The van der Waals surface area contributed by atoms with E-state index >= 15 is 0 Å². The van der Waals surface area contributed by atoms with E-state index in [9.17, 15) is 9.59 Å². The molecule has 0 saturated carbocycles. The first-order valence-corrected chi connectivity index (χ1v) is 12.2. The van der Waals surface area contributed by atoms with Gasteiger partial charge in [-0.2, -0.15) is 0 Å². The van der Waals surface area contributed by atoms with Gasteiger partial charge in [0.15, 0.2) is 5.89 Å². The van der Waals surface area contributed by atoms with Crippen LogP contribution in [-0.2, 0) is 27.2 Å². The molecule has 1 amide bonds. The van der Waals surface area contributed by atoms with E-state index in [1.807, 2.05) is 55.5 Å². The fourth-order valence-electron chi connectivity index (χ4n) is 3.92. The monoisotopic (exact) mass is 478 g/mol. The van der Waals surface area contributed by atoms with Crippen molar-refractivity contribution in [1.29, 1.82) is 0 Å². The smallest absolute Gasteiger partial charge is 0.331 e. The minimum Gasteiger partial charge on any atom is -0.464 e. The van der Waals surface area contributed by atoms with E-state index in [4.69, 9.17) is 13.9 Å². The maximum atomic E-state index is 12.6. The van der Waals surface area contributed by atoms with Gasteiger partial charge in [-0.05, 0) is 74.6 Å². The maximum Gasteiger partial charge on any atom is 0.331 e. The summed E-state index contributed by atoms with van der Waals surface area (Å²) < 4.78 is 16.7. The van der Waals surface area contributed by atoms with Crippen LogP contribution in [0.2, 0.25) is 0 Å². The third kappa shape index (κ3) is 6.94. The number of hydrogen-bond donors (Lipinski definition) is 1. The first-order valence-electron chi connectivity index (χ1n) is 12.2. The summed E-state index contributed by atoms with van der Waals surface area (Å²) in [6.07, 6.45) is 5.02. The molecule has 1 heterocycles. The molecule has 1 unspecified atom stereocenters. The Morgan fingerprint density at radius 1 is 0.971 bits per heavy atom. The van der Waals surface area contributed by atoms with Crippen molar-refractivity contribution < 1.29 is 23.5 Å². The van der Waals surface area contributed by atoms with Gasteiger partial charge in [0.25, 0.3) is 0 Å². The number of carbonyl (C=O) groups excluding carboxylic acids is 2. The van der Waals surface area contributed by atoms with Crippen LogP contribution in [-0.4, -0.2) is 29.0 Å². The number of amides is 1. The van der Waals surface area contributed by atoms with Crippen LogP contribution in [0, 0.1) is 0 Å². The summed E-state index contributed by atoms with van der Waals surface area (Å²) in [6, 6.07) is 15.4. The number of ether oxygens (including phenoxy) is 2. The van der Waals surface area contributed by atoms with E-state index in [1.165, 1.54) is 6.92 Å². The minimum atomic E-state index is -1.03. The normalized spacial score (nSPS) is 12.6. The van der Waals surface area contributed by atoms with Crippen LogP contribution in [0.4, 0.5) is 0 Å². The lowest BCUT2D eigenvalue weighted by atomic mass is 9.88. The first kappa shape index (κ1) is 26.0. The molecule has 0 spiro atoms. The molecule has 35 heavy (non-hydrogen) atoms. The van der Waals surface area contributed by atoms with E-state index in [1.54, 1.807) is 13.2 Å². The molecule has 0 radical (unpaired) electrons. The van der Waals surface area contributed by atoms with E-state index in [-0.39, 0.29) is 12.5 Å². The number of aromatic nitrogens is 1. The van der Waals surface area contributed by atoms with E-state index in [0.29, 0.717) is 25.0 Å². The van der Waals surface area contributed by atoms with Crippen molar-refractivity contribution >= 4 is 11.9 Å². The van der Waals surface area contributed by atoms with E-state index < -0.39 is 11.5 Å². The van der Waals surface area contributed by atoms with Crippen LogP contribution in [0.15, 0.2) is 59.2 Å². The fraction of sp³-hybridized carbons (Fsp3) is 0.393. The Balaban J connectivity index is 1.62. The van der Waals surface area contributed by atoms with Gasteiger partial charge in [0.1, 0.15) is 29.0 Å². The van der Waals surface area contributed by atoms with Crippen molar-refractivity contribution in [2.24, 2.45) is 0 Å². The molecule has 3 rings (SSSR count). The van der Waals surface area contributed by atoms with Gasteiger partial charge in [0.2, 0.25) is 5.91 Å². The highest BCUT2D eigenvalue weighted by molar-refractivity contribution is 5.87. The third-order valence-corrected chi connectivity index (χ3v) is 5.85. The average Bonchev–Trinajstić information content (AvgIpc) is 3.32. The van der Waals surface area contributed by atoms with Crippen LogP contribution < -0.4 is 10.1 Å². The second-order valence-electron chi connectivity index (χ2n) is 8.48. The number of esters is 1. The molecule has 0 aliphatic heterocycles. The lowest BCUT2D eigenvalue weighted by Gasteiger charge is -2.31. The lowest BCUT2D eigenvalue weighted by Crippen LogP contribution is -2.54. The standard InChI is InChI=1S/C28H34N2O5/c1-5-8-26-29-25(19-34-26)22-11-15-24(16-12-22)35-23-13-9-21(10-14-23)17-18-28(6-2,30-20(4)31)27(32)33-7-3/h9-16,19H,5-8,17-18H2,1-4H3,(H,30,31). The lowest BCUT2D eigenvalue weighted by molar-refractivity contribution is -0.153. The van der Waals surface area contributed by atoms with Crippen LogP contribution in [0.3, 0.4) is 0 Å². The predicted molar refractivity (Wildman–Crippen MR) is 134 cm³/mol. The van der Waals surface area contributed by atoms with Crippen LogP contribution in [0.5, 0.6) is 11.5 Å². The molecule has 0 bridgehead atoms. The zero-order chi connectivity index (χ0) is 25.3. The summed E-state index contributed by atoms with van der Waals surface area (Å²) in [5.74, 6) is 1.53. The summed E-state index contributed by atoms with van der Waals surface area (Å²) in [5, 5.41) is 2.82. The Bertz CT molecular complexity index is 1110. The summed E-state index contributed by atoms with van der Waals surface area (Å²) in [6.45, 7) is 7.41. The van der Waals surface area contributed by atoms with Crippen molar-refractivity contribution in [2.45, 2.75) is 65.3 Å². The molecule has 0 aliphatic rings. The third-order valence-electron chi connectivity index (χ3n) is 5.85. The number of nitrogens with zero attached hydrogens (tertiary/aromatic N) is 1. The molecular formula is C28H34N2O5. The Hall–Kier alpha value is -3.61. The quantitative estimate of drug-likeness (QED) is 0.328. The number of aryl methyl sites for hydroxylation is 2. The number of benzene rings is 2.